The molecule has 1 saturated heterocycles. The second-order valence-electron chi connectivity index (χ2n) is 7.25. The summed E-state index contributed by atoms with van der Waals surface area (Å²) in [5, 5.41) is 2.83. The summed E-state index contributed by atoms with van der Waals surface area (Å²) in [6, 6.07) is 5.40. The normalized spacial score (nSPS) is 20.4. The van der Waals surface area contributed by atoms with Crippen LogP contribution >= 0.6 is 12.4 Å². The van der Waals surface area contributed by atoms with Crippen LogP contribution in [0.4, 0.5) is 0 Å². The molecule has 1 heterocycles. The molecule has 6 nitrogen and oxygen atoms in total. The van der Waals surface area contributed by atoms with Crippen LogP contribution in [0.3, 0.4) is 0 Å². The quantitative estimate of drug-likeness (QED) is 0.743. The highest BCUT2D eigenvalue weighted by atomic mass is 35.5. The topological polar surface area (TPSA) is 92.5 Å². The van der Waals surface area contributed by atoms with Gasteiger partial charge in [0.15, 0.2) is 0 Å². The molecular weight excluding hydrogens is 386 g/mol. The van der Waals surface area contributed by atoms with Gasteiger partial charge in [0.05, 0.1) is 4.90 Å². The lowest BCUT2D eigenvalue weighted by Crippen LogP contribution is -2.49. The van der Waals surface area contributed by atoms with Crippen LogP contribution in [0.2, 0.25) is 0 Å². The number of hydrogen-bond donors (Lipinski definition) is 2. The highest BCUT2D eigenvalue weighted by Gasteiger charge is 2.34. The molecule has 1 aliphatic heterocycles. The van der Waals surface area contributed by atoms with Gasteiger partial charge in [0.1, 0.15) is 0 Å². The predicted octanol–water partition coefficient (Wildman–Crippen LogP) is 2.00. The van der Waals surface area contributed by atoms with Gasteiger partial charge in [-0.3, -0.25) is 4.79 Å². The summed E-state index contributed by atoms with van der Waals surface area (Å²) >= 11 is 0. The minimum Gasteiger partial charge on any atom is -0.354 e. The number of nitrogens with one attached hydrogen (secondary N) is 1. The number of carbonyl (C=O) groups excluding carboxylic acids is 1. The Balaban J connectivity index is 0.00000261. The zero-order valence-electron chi connectivity index (χ0n) is 15.7. The fraction of sp³-hybridized carbons (Fsp3) is 0.632. The van der Waals surface area contributed by atoms with E-state index in [1.54, 1.807) is 10.4 Å². The van der Waals surface area contributed by atoms with Crippen LogP contribution in [0, 0.1) is 0 Å². The van der Waals surface area contributed by atoms with Crippen LogP contribution < -0.4 is 11.1 Å². The van der Waals surface area contributed by atoms with Crippen molar-refractivity contribution in [2.75, 3.05) is 19.6 Å². The average molecular weight is 416 g/mol. The van der Waals surface area contributed by atoms with Gasteiger partial charge in [-0.25, -0.2) is 8.42 Å². The van der Waals surface area contributed by atoms with Crippen molar-refractivity contribution in [3.05, 3.63) is 29.3 Å². The summed E-state index contributed by atoms with van der Waals surface area (Å²) in [4.78, 5) is 12.1. The van der Waals surface area contributed by atoms with Crippen LogP contribution in [0.5, 0.6) is 0 Å². The van der Waals surface area contributed by atoms with Crippen molar-refractivity contribution in [1.82, 2.24) is 9.62 Å². The predicted molar refractivity (Wildman–Crippen MR) is 109 cm³/mol. The van der Waals surface area contributed by atoms with Gasteiger partial charge in [0.2, 0.25) is 15.9 Å². The van der Waals surface area contributed by atoms with Gasteiger partial charge in [-0.05, 0) is 61.8 Å². The highest BCUT2D eigenvalue weighted by molar-refractivity contribution is 7.89. The number of rotatable bonds is 6. The van der Waals surface area contributed by atoms with Crippen molar-refractivity contribution in [3.63, 3.8) is 0 Å². The van der Waals surface area contributed by atoms with Crippen molar-refractivity contribution < 1.29 is 13.2 Å². The zero-order chi connectivity index (χ0) is 18.6. The van der Waals surface area contributed by atoms with E-state index in [0.717, 1.165) is 38.5 Å². The maximum atomic E-state index is 13.2. The number of amides is 1. The monoisotopic (exact) mass is 415 g/mol. The minimum absolute atomic E-state index is 0. The van der Waals surface area contributed by atoms with Gasteiger partial charge >= 0.3 is 0 Å². The molecular formula is C19H30ClN3O3S. The Morgan fingerprint density at radius 2 is 1.89 bits per heavy atom. The Hall–Kier alpha value is -1.15. The summed E-state index contributed by atoms with van der Waals surface area (Å²) in [5.74, 6) is -0.121. The molecule has 1 amide bonds. The molecule has 0 saturated carbocycles. The van der Waals surface area contributed by atoms with E-state index in [0.29, 0.717) is 24.5 Å². The second-order valence-corrected chi connectivity index (χ2v) is 9.14. The Kier molecular flexibility index (Phi) is 8.09. The summed E-state index contributed by atoms with van der Waals surface area (Å²) in [6.45, 7) is 1.16. The number of carbonyl (C=O) groups is 1. The highest BCUT2D eigenvalue weighted by Crippen LogP contribution is 2.29. The molecule has 0 radical (unpaired) electrons. The number of nitrogens with two attached hydrogens (primary N) is 1. The standard InChI is InChI=1S/C19H29N3O3S.ClH/c20-11-10-19(23)21-14-17-7-3-4-12-22(17)26(24,25)18-9-8-15-5-1-2-6-16(15)13-18;/h8-9,13,17H,1-7,10-12,14,20H2,(H,21,23);1H. The summed E-state index contributed by atoms with van der Waals surface area (Å²) in [6.07, 6.45) is 7.17. The van der Waals surface area contributed by atoms with Crippen LogP contribution in [0.25, 0.3) is 0 Å². The molecule has 8 heteroatoms. The lowest BCUT2D eigenvalue weighted by atomic mass is 9.92. The molecule has 152 valence electrons. The molecule has 1 fully saturated rings. The third-order valence-electron chi connectivity index (χ3n) is 5.41. The van der Waals surface area contributed by atoms with Crippen LogP contribution in [0.15, 0.2) is 23.1 Å². The first-order valence-corrected chi connectivity index (χ1v) is 11.1. The molecule has 1 atom stereocenters. The van der Waals surface area contributed by atoms with E-state index in [4.69, 9.17) is 5.73 Å². The Morgan fingerprint density at radius 1 is 1.15 bits per heavy atom. The first kappa shape index (κ1) is 22.1. The van der Waals surface area contributed by atoms with E-state index >= 15 is 0 Å². The zero-order valence-corrected chi connectivity index (χ0v) is 17.3. The van der Waals surface area contributed by atoms with Crippen LogP contribution in [-0.2, 0) is 27.7 Å². The van der Waals surface area contributed by atoms with Crippen LogP contribution in [0.1, 0.15) is 49.7 Å². The first-order chi connectivity index (χ1) is 12.5. The SMILES string of the molecule is Cl.NCCC(=O)NCC1CCCCN1S(=O)(=O)c1ccc2c(c1)CCCC2. The van der Waals surface area contributed by atoms with Crippen molar-refractivity contribution in [2.45, 2.75) is 62.3 Å². The number of sulfonamides is 1. The molecule has 1 aliphatic carbocycles. The van der Waals surface area contributed by atoms with Gasteiger partial charge < -0.3 is 11.1 Å². The second kappa shape index (κ2) is 9.87. The lowest BCUT2D eigenvalue weighted by Gasteiger charge is -2.35. The van der Waals surface area contributed by atoms with Crippen molar-refractivity contribution in [2.24, 2.45) is 5.73 Å². The largest absolute Gasteiger partial charge is 0.354 e. The van der Waals surface area contributed by atoms with Gasteiger partial charge in [-0.1, -0.05) is 12.5 Å². The first-order valence-electron chi connectivity index (χ1n) is 9.63. The number of fused-ring (bicyclic) bond motifs is 1. The van der Waals surface area contributed by atoms with Gasteiger partial charge in [-0.2, -0.15) is 4.31 Å². The number of halogens is 1. The third kappa shape index (κ3) is 5.22. The number of piperidine rings is 1. The molecule has 2 aliphatic rings. The number of aryl methyl sites for hydroxylation is 2. The van der Waals surface area contributed by atoms with E-state index in [9.17, 15) is 13.2 Å². The summed E-state index contributed by atoms with van der Waals surface area (Å²) in [5.41, 5.74) is 7.85. The Labute approximate surface area is 168 Å². The molecule has 1 unspecified atom stereocenters. The number of nitrogens with zero attached hydrogens (tertiary/aromatic N) is 1. The molecule has 1 aromatic carbocycles. The molecule has 3 rings (SSSR count). The van der Waals surface area contributed by atoms with Crippen molar-refractivity contribution in [1.29, 1.82) is 0 Å². The molecule has 0 aromatic heterocycles. The fourth-order valence-corrected chi connectivity index (χ4v) is 5.70. The van der Waals surface area contributed by atoms with Crippen LogP contribution in [-0.4, -0.2) is 44.3 Å². The summed E-state index contributed by atoms with van der Waals surface area (Å²) in [7, 11) is -3.55. The number of benzene rings is 1. The maximum absolute atomic E-state index is 13.2. The number of hydrogen-bond acceptors (Lipinski definition) is 4. The molecule has 0 bridgehead atoms. The van der Waals surface area contributed by atoms with Crippen molar-refractivity contribution >= 4 is 28.3 Å². The summed E-state index contributed by atoms with van der Waals surface area (Å²) < 4.78 is 28.1. The molecule has 1 aromatic rings. The minimum atomic E-state index is -3.55. The smallest absolute Gasteiger partial charge is 0.243 e. The maximum Gasteiger partial charge on any atom is 0.243 e. The van der Waals surface area contributed by atoms with E-state index in [2.05, 4.69) is 5.32 Å². The van der Waals surface area contributed by atoms with E-state index in [1.165, 1.54) is 17.5 Å². The Morgan fingerprint density at radius 3 is 2.63 bits per heavy atom. The lowest BCUT2D eigenvalue weighted by molar-refractivity contribution is -0.121. The fourth-order valence-electron chi connectivity index (χ4n) is 3.95. The van der Waals surface area contributed by atoms with Crippen molar-refractivity contribution in [3.8, 4) is 0 Å². The van der Waals surface area contributed by atoms with Gasteiger partial charge in [0, 0.05) is 32.1 Å². The van der Waals surface area contributed by atoms with Gasteiger partial charge in [0.25, 0.3) is 0 Å². The molecule has 0 spiro atoms. The van der Waals surface area contributed by atoms with E-state index in [1.807, 2.05) is 12.1 Å². The molecule has 3 N–H and O–H groups in total. The molecule has 27 heavy (non-hydrogen) atoms. The van der Waals surface area contributed by atoms with E-state index in [-0.39, 0.29) is 30.8 Å². The van der Waals surface area contributed by atoms with Gasteiger partial charge in [-0.15, -0.1) is 12.4 Å². The average Bonchev–Trinajstić information content (AvgIpc) is 2.66. The Bertz CT molecular complexity index is 755. The van der Waals surface area contributed by atoms with E-state index < -0.39 is 10.0 Å². The third-order valence-corrected chi connectivity index (χ3v) is 7.35.